The summed E-state index contributed by atoms with van der Waals surface area (Å²) in [6.07, 6.45) is 8.38. The van der Waals surface area contributed by atoms with Crippen LogP contribution in [0.25, 0.3) is 0 Å². The van der Waals surface area contributed by atoms with Crippen LogP contribution in [0.5, 0.6) is 0 Å². The molecule has 36 heavy (non-hydrogen) atoms. The van der Waals surface area contributed by atoms with Gasteiger partial charge in [-0.1, -0.05) is 12.2 Å². The number of rotatable bonds is 10. The third-order valence-electron chi connectivity index (χ3n) is 6.42. The van der Waals surface area contributed by atoms with Gasteiger partial charge >= 0.3 is 6.09 Å². The lowest BCUT2D eigenvalue weighted by Gasteiger charge is -2.33. The molecule has 0 bridgehead atoms. The Labute approximate surface area is 214 Å². The molecule has 0 aromatic rings. The number of halogens is 1. The van der Waals surface area contributed by atoms with E-state index in [9.17, 15) is 14.0 Å². The van der Waals surface area contributed by atoms with Gasteiger partial charge in [-0.2, -0.15) is 0 Å². The minimum absolute atomic E-state index is 0.106. The zero-order chi connectivity index (χ0) is 26.7. The Bertz CT molecular complexity index is 821. The molecule has 2 rings (SSSR count). The summed E-state index contributed by atoms with van der Waals surface area (Å²) in [7, 11) is 0. The van der Waals surface area contributed by atoms with Crippen LogP contribution in [0.15, 0.2) is 35.2 Å². The molecule has 1 saturated heterocycles. The molecule has 2 amide bonds. The van der Waals surface area contributed by atoms with Crippen molar-refractivity contribution >= 4 is 12.0 Å². The fourth-order valence-electron chi connectivity index (χ4n) is 4.31. The molecule has 2 aliphatic rings. The Morgan fingerprint density at radius 3 is 2.42 bits per heavy atom. The molecule has 1 aliphatic carbocycles. The summed E-state index contributed by atoms with van der Waals surface area (Å²) in [6, 6.07) is -0.650. The minimum Gasteiger partial charge on any atom is -0.444 e. The Balaban J connectivity index is 1.76. The number of allylic oxidation sites excluding steroid dienone is 5. The summed E-state index contributed by atoms with van der Waals surface area (Å²) in [4.78, 5) is 26.2. The quantitative estimate of drug-likeness (QED) is 0.387. The van der Waals surface area contributed by atoms with E-state index in [4.69, 9.17) is 19.7 Å². The predicted molar refractivity (Wildman–Crippen MR) is 136 cm³/mol. The summed E-state index contributed by atoms with van der Waals surface area (Å²) in [5.41, 5.74) is 1.26. The number of carbonyl (C=O) groups excluding carboxylic acids is 2. The maximum atomic E-state index is 14.6. The van der Waals surface area contributed by atoms with Gasteiger partial charge in [0.05, 0.1) is 32.5 Å². The first-order valence-electron chi connectivity index (χ1n) is 12.9. The Morgan fingerprint density at radius 1 is 1.22 bits per heavy atom. The van der Waals surface area contributed by atoms with E-state index in [1.165, 1.54) is 6.08 Å². The third-order valence-corrected chi connectivity index (χ3v) is 6.42. The lowest BCUT2D eigenvalue weighted by atomic mass is 9.85. The molecule has 0 radical (unpaired) electrons. The number of nitrogens with one attached hydrogen (secondary N) is 1. The zero-order valence-corrected chi connectivity index (χ0v) is 22.1. The summed E-state index contributed by atoms with van der Waals surface area (Å²) in [6.45, 7) is 8.33. The predicted octanol–water partition coefficient (Wildman–Crippen LogP) is 3.65. The van der Waals surface area contributed by atoms with Gasteiger partial charge in [0.15, 0.2) is 0 Å². The molecule has 0 aromatic heterocycles. The van der Waals surface area contributed by atoms with Crippen molar-refractivity contribution in [2.24, 2.45) is 11.8 Å². The molecule has 0 aromatic carbocycles. The number of hydrogen-bond donors (Lipinski definition) is 3. The molecule has 1 unspecified atom stereocenters. The number of nitrogens with zero attached hydrogens (tertiary/aromatic N) is 1. The molecule has 9 heteroatoms. The second-order valence-electron chi connectivity index (χ2n) is 10.5. The van der Waals surface area contributed by atoms with E-state index in [2.05, 4.69) is 5.32 Å². The van der Waals surface area contributed by atoms with Gasteiger partial charge in [0.1, 0.15) is 11.4 Å². The van der Waals surface area contributed by atoms with Gasteiger partial charge < -0.3 is 29.9 Å². The van der Waals surface area contributed by atoms with Crippen LogP contribution in [0.3, 0.4) is 0 Å². The molecule has 1 heterocycles. The summed E-state index contributed by atoms with van der Waals surface area (Å²) < 4.78 is 25.6. The first-order valence-corrected chi connectivity index (χ1v) is 12.9. The lowest BCUT2D eigenvalue weighted by Crippen LogP contribution is -2.43. The molecule has 3 N–H and O–H groups in total. The molecule has 8 nitrogen and oxygen atoms in total. The fraction of sp³-hybridized carbons (Fsp3) is 0.704. The van der Waals surface area contributed by atoms with Gasteiger partial charge in [0, 0.05) is 19.0 Å². The number of carbonyl (C=O) groups is 2. The highest BCUT2D eigenvalue weighted by Gasteiger charge is 2.27. The van der Waals surface area contributed by atoms with Crippen molar-refractivity contribution in [3.63, 3.8) is 0 Å². The van der Waals surface area contributed by atoms with Crippen molar-refractivity contribution in [1.82, 2.24) is 10.2 Å². The SMILES string of the molecule is CC=C(C=C(F)COCC1CCN(C(=O)OC(C)(C)C)CC1)C1=CCC(C(=O)NC(CO)CO)CC1. The van der Waals surface area contributed by atoms with Gasteiger partial charge in [-0.15, -0.1) is 0 Å². The van der Waals surface area contributed by atoms with E-state index >= 15 is 0 Å². The average Bonchev–Trinajstić information content (AvgIpc) is 2.85. The van der Waals surface area contributed by atoms with E-state index < -0.39 is 11.6 Å². The monoisotopic (exact) mass is 510 g/mol. The van der Waals surface area contributed by atoms with Crippen LogP contribution in [0.1, 0.15) is 59.8 Å². The Kier molecular flexibility index (Phi) is 12.1. The molecule has 1 fully saturated rings. The Morgan fingerprint density at radius 2 is 1.89 bits per heavy atom. The van der Waals surface area contributed by atoms with Gasteiger partial charge in [-0.25, -0.2) is 9.18 Å². The van der Waals surface area contributed by atoms with Crippen molar-refractivity contribution in [3.8, 4) is 0 Å². The largest absolute Gasteiger partial charge is 0.444 e. The van der Waals surface area contributed by atoms with Crippen molar-refractivity contribution < 1.29 is 33.7 Å². The third kappa shape index (κ3) is 10.0. The molecular formula is C27H43FN2O6. The maximum absolute atomic E-state index is 14.6. The number of amides is 2. The van der Waals surface area contributed by atoms with Crippen LogP contribution in [0, 0.1) is 11.8 Å². The van der Waals surface area contributed by atoms with Crippen LogP contribution < -0.4 is 5.32 Å². The average molecular weight is 511 g/mol. The van der Waals surface area contributed by atoms with Gasteiger partial charge in [-0.05, 0) is 82.9 Å². The maximum Gasteiger partial charge on any atom is 0.410 e. The highest BCUT2D eigenvalue weighted by atomic mass is 19.1. The molecular weight excluding hydrogens is 467 g/mol. The number of hydrogen-bond acceptors (Lipinski definition) is 6. The second kappa shape index (κ2) is 14.5. The van der Waals surface area contributed by atoms with E-state index in [-0.39, 0.29) is 49.5 Å². The van der Waals surface area contributed by atoms with E-state index in [0.29, 0.717) is 39.0 Å². The van der Waals surface area contributed by atoms with Crippen LogP contribution in [-0.2, 0) is 14.3 Å². The number of ether oxygens (including phenoxy) is 2. The van der Waals surface area contributed by atoms with Crippen molar-refractivity contribution in [2.75, 3.05) is 39.5 Å². The fourth-order valence-corrected chi connectivity index (χ4v) is 4.31. The highest BCUT2D eigenvalue weighted by molar-refractivity contribution is 5.79. The Hall–Kier alpha value is -2.23. The van der Waals surface area contributed by atoms with Crippen LogP contribution >= 0.6 is 0 Å². The standard InChI is InChI=1S/C27H43FN2O6/c1-5-20(21-6-8-22(9-7-21)25(33)29-24(15-31)16-32)14-23(28)18-35-17-19-10-12-30(13-11-19)26(34)36-27(2,3)4/h5-6,14,19,22,24,31-32H,7-13,15-18H2,1-4H3,(H,29,33). The van der Waals surface area contributed by atoms with E-state index in [1.54, 1.807) is 4.90 Å². The highest BCUT2D eigenvalue weighted by Crippen LogP contribution is 2.30. The molecule has 1 aliphatic heterocycles. The minimum atomic E-state index is -0.650. The van der Waals surface area contributed by atoms with Crippen LogP contribution in [-0.4, -0.2) is 78.3 Å². The molecule has 204 valence electrons. The number of aliphatic hydroxyl groups excluding tert-OH is 2. The molecule has 0 spiro atoms. The van der Waals surface area contributed by atoms with E-state index in [1.807, 2.05) is 39.8 Å². The van der Waals surface area contributed by atoms with Crippen molar-refractivity contribution in [1.29, 1.82) is 0 Å². The smallest absolute Gasteiger partial charge is 0.410 e. The van der Waals surface area contributed by atoms with Gasteiger partial charge in [-0.3, -0.25) is 4.79 Å². The first kappa shape index (κ1) is 30.0. The molecule has 0 saturated carbocycles. The van der Waals surface area contributed by atoms with Gasteiger partial charge in [0.2, 0.25) is 5.91 Å². The lowest BCUT2D eigenvalue weighted by molar-refractivity contribution is -0.126. The van der Waals surface area contributed by atoms with E-state index in [0.717, 1.165) is 24.0 Å². The van der Waals surface area contributed by atoms with Crippen LogP contribution in [0.2, 0.25) is 0 Å². The number of likely N-dealkylation sites (tertiary alicyclic amines) is 1. The summed E-state index contributed by atoms with van der Waals surface area (Å²) in [5.74, 6) is -0.499. The van der Waals surface area contributed by atoms with Crippen molar-refractivity contribution in [3.05, 3.63) is 35.2 Å². The summed E-state index contributed by atoms with van der Waals surface area (Å²) in [5, 5.41) is 20.9. The number of aliphatic hydroxyl groups is 2. The first-order chi connectivity index (χ1) is 17.1. The molecule has 1 atom stereocenters. The van der Waals surface area contributed by atoms with Crippen molar-refractivity contribution in [2.45, 2.75) is 71.4 Å². The van der Waals surface area contributed by atoms with Gasteiger partial charge in [0.25, 0.3) is 0 Å². The zero-order valence-electron chi connectivity index (χ0n) is 22.1. The normalized spacial score (nSPS) is 20.4. The number of piperidine rings is 1. The summed E-state index contributed by atoms with van der Waals surface area (Å²) >= 11 is 0. The van der Waals surface area contributed by atoms with Crippen LogP contribution in [0.4, 0.5) is 9.18 Å². The topological polar surface area (TPSA) is 108 Å². The second-order valence-corrected chi connectivity index (χ2v) is 10.5.